The highest BCUT2D eigenvalue weighted by molar-refractivity contribution is 5.25. The number of rotatable bonds is 4. The number of hydrogen-bond donors (Lipinski definition) is 1. The molecule has 2 atom stereocenters. The Morgan fingerprint density at radius 2 is 1.56 bits per heavy atom. The average Bonchev–Trinajstić information content (AvgIpc) is 2.20. The molecule has 0 fully saturated rings. The Kier molecular flexibility index (Phi) is 5.92. The molecule has 2 unspecified atom stereocenters. The molecule has 1 N–H and O–H groups in total. The second-order valence-corrected chi connectivity index (χ2v) is 3.89. The van der Waals surface area contributed by atoms with Crippen LogP contribution in [-0.2, 0) is 0 Å². The van der Waals surface area contributed by atoms with E-state index >= 15 is 0 Å². The third-order valence-electron chi connectivity index (χ3n) is 2.29. The van der Waals surface area contributed by atoms with Crippen LogP contribution in [0.25, 0.3) is 0 Å². The molecule has 0 aliphatic heterocycles. The maximum Gasteiger partial charge on any atom is 0.416 e. The summed E-state index contributed by atoms with van der Waals surface area (Å²) in [4.78, 5) is 0. The number of hydrogen-bond acceptors (Lipinski definition) is 1. The van der Waals surface area contributed by atoms with Gasteiger partial charge >= 0.3 is 12.4 Å². The van der Waals surface area contributed by atoms with Crippen molar-refractivity contribution >= 4 is 0 Å². The number of nitrogens with one attached hydrogen (secondary N) is 1. The van der Waals surface area contributed by atoms with E-state index in [4.69, 9.17) is 0 Å². The molecule has 0 amide bonds. The molecule has 0 spiro atoms. The summed E-state index contributed by atoms with van der Waals surface area (Å²) in [7, 11) is 1.53. The van der Waals surface area contributed by atoms with E-state index in [0.717, 1.165) is 6.08 Å². The summed E-state index contributed by atoms with van der Waals surface area (Å²) < 4.78 is 74.2. The third kappa shape index (κ3) is 6.09. The Bertz CT molecular complexity index is 312. The molecular weight excluding hydrogens is 260 g/mol. The summed E-state index contributed by atoms with van der Waals surface area (Å²) >= 11 is 0. The topological polar surface area (TPSA) is 12.0 Å². The first kappa shape index (κ1) is 17.0. The predicted molar refractivity (Wildman–Crippen MR) is 57.0 cm³/mol. The highest BCUT2D eigenvalue weighted by Crippen LogP contribution is 2.33. The fourth-order valence-corrected chi connectivity index (χ4v) is 0.953. The Labute approximate surface area is 102 Å². The van der Waals surface area contributed by atoms with Gasteiger partial charge in [-0.3, -0.25) is 0 Å². The predicted octanol–water partition coefficient (Wildman–Crippen LogP) is 3.84. The zero-order chi connectivity index (χ0) is 14.6. The second kappa shape index (κ2) is 6.26. The Morgan fingerprint density at radius 1 is 1.06 bits per heavy atom. The van der Waals surface area contributed by atoms with Crippen LogP contribution >= 0.6 is 0 Å². The third-order valence-corrected chi connectivity index (χ3v) is 2.29. The molecule has 0 saturated carbocycles. The summed E-state index contributed by atoms with van der Waals surface area (Å²) in [5.41, 5.74) is -1.30. The molecule has 106 valence electrons. The van der Waals surface area contributed by atoms with Crippen molar-refractivity contribution < 1.29 is 26.3 Å². The minimum Gasteiger partial charge on any atom is -0.314 e. The van der Waals surface area contributed by atoms with Gasteiger partial charge < -0.3 is 5.32 Å². The van der Waals surface area contributed by atoms with Gasteiger partial charge in [-0.2, -0.15) is 26.3 Å². The van der Waals surface area contributed by atoms with E-state index in [0.29, 0.717) is 13.0 Å². The minimum absolute atomic E-state index is 0.179. The number of halogens is 6. The van der Waals surface area contributed by atoms with Gasteiger partial charge in [-0.15, -0.1) is 0 Å². The van der Waals surface area contributed by atoms with Crippen molar-refractivity contribution in [3.05, 3.63) is 23.8 Å². The van der Waals surface area contributed by atoms with E-state index in [1.165, 1.54) is 7.05 Å². The number of alkyl halides is 6. The van der Waals surface area contributed by atoms with Crippen molar-refractivity contribution in [1.29, 1.82) is 0 Å². The van der Waals surface area contributed by atoms with E-state index in [1.807, 2.05) is 0 Å². The van der Waals surface area contributed by atoms with Crippen molar-refractivity contribution in [1.82, 2.24) is 5.32 Å². The first-order valence-corrected chi connectivity index (χ1v) is 5.19. The lowest BCUT2D eigenvalue weighted by atomic mass is 10.1. The van der Waals surface area contributed by atoms with Crippen LogP contribution < -0.4 is 5.32 Å². The van der Waals surface area contributed by atoms with Crippen molar-refractivity contribution in [2.75, 3.05) is 7.05 Å². The maximum absolute atomic E-state index is 12.5. The summed E-state index contributed by atoms with van der Waals surface area (Å²) in [5.74, 6) is -2.15. The monoisotopic (exact) mass is 275 g/mol. The zero-order valence-electron chi connectivity index (χ0n) is 10.2. The van der Waals surface area contributed by atoms with Crippen LogP contribution in [0, 0.1) is 5.92 Å². The van der Waals surface area contributed by atoms with E-state index in [-0.39, 0.29) is 12.1 Å². The molecule has 0 radical (unpaired) electrons. The molecule has 1 nitrogen and oxygen atoms in total. The SMILES string of the molecule is CNC(C)C=CC(=CC(C)C(F)(F)F)C(F)(F)F. The highest BCUT2D eigenvalue weighted by atomic mass is 19.4. The molecule has 0 rings (SSSR count). The van der Waals surface area contributed by atoms with Gasteiger partial charge in [-0.05, 0) is 14.0 Å². The van der Waals surface area contributed by atoms with E-state index in [2.05, 4.69) is 5.32 Å². The molecule has 0 saturated heterocycles. The fourth-order valence-electron chi connectivity index (χ4n) is 0.953. The Morgan fingerprint density at radius 3 is 1.89 bits per heavy atom. The molecule has 18 heavy (non-hydrogen) atoms. The quantitative estimate of drug-likeness (QED) is 0.607. The van der Waals surface area contributed by atoms with Gasteiger partial charge in [0.25, 0.3) is 0 Å². The van der Waals surface area contributed by atoms with Crippen molar-refractivity contribution in [3.63, 3.8) is 0 Å². The Balaban J connectivity index is 5.15. The van der Waals surface area contributed by atoms with Crippen LogP contribution in [0.3, 0.4) is 0 Å². The van der Waals surface area contributed by atoms with E-state index < -0.39 is 23.8 Å². The van der Waals surface area contributed by atoms with E-state index in [9.17, 15) is 26.3 Å². The summed E-state index contributed by atoms with van der Waals surface area (Å²) in [5, 5.41) is 2.65. The lowest BCUT2D eigenvalue weighted by molar-refractivity contribution is -0.157. The molecule has 0 aromatic rings. The molecule has 0 aliphatic rings. The van der Waals surface area contributed by atoms with Gasteiger partial charge in [-0.25, -0.2) is 0 Å². The summed E-state index contributed by atoms with van der Waals surface area (Å²) in [6, 6.07) is -0.364. The van der Waals surface area contributed by atoms with Gasteiger partial charge in [0.05, 0.1) is 11.5 Å². The van der Waals surface area contributed by atoms with Crippen LogP contribution in [0.1, 0.15) is 13.8 Å². The largest absolute Gasteiger partial charge is 0.416 e. The van der Waals surface area contributed by atoms with Crippen LogP contribution in [-0.4, -0.2) is 25.4 Å². The number of allylic oxidation sites excluding steroid dienone is 3. The van der Waals surface area contributed by atoms with Gasteiger partial charge in [0.1, 0.15) is 0 Å². The van der Waals surface area contributed by atoms with Gasteiger partial charge in [0.2, 0.25) is 0 Å². The van der Waals surface area contributed by atoms with Gasteiger partial charge in [0.15, 0.2) is 0 Å². The fraction of sp³-hybridized carbons (Fsp3) is 0.636. The first-order valence-electron chi connectivity index (χ1n) is 5.19. The van der Waals surface area contributed by atoms with Gasteiger partial charge in [-0.1, -0.05) is 25.2 Å². The zero-order valence-corrected chi connectivity index (χ0v) is 10.2. The second-order valence-electron chi connectivity index (χ2n) is 3.89. The standard InChI is InChI=1S/C11H15F6N/c1-7(10(12,13)14)6-9(11(15,16)17)5-4-8(2)18-3/h4-8,18H,1-3H3. The molecular formula is C11H15F6N. The van der Waals surface area contributed by atoms with Crippen molar-refractivity contribution in [2.24, 2.45) is 5.92 Å². The van der Waals surface area contributed by atoms with Crippen LogP contribution in [0.4, 0.5) is 26.3 Å². The van der Waals surface area contributed by atoms with Crippen LogP contribution in [0.15, 0.2) is 23.8 Å². The molecule has 0 bridgehead atoms. The lowest BCUT2D eigenvalue weighted by Crippen LogP contribution is -2.21. The summed E-state index contributed by atoms with van der Waals surface area (Å²) in [6.07, 6.45) is -7.49. The molecule has 0 aromatic heterocycles. The maximum atomic E-state index is 12.5. The molecule has 0 aliphatic carbocycles. The molecule has 0 heterocycles. The molecule has 7 heteroatoms. The van der Waals surface area contributed by atoms with Crippen molar-refractivity contribution in [3.8, 4) is 0 Å². The van der Waals surface area contributed by atoms with Crippen LogP contribution in [0.2, 0.25) is 0 Å². The average molecular weight is 275 g/mol. The highest BCUT2D eigenvalue weighted by Gasteiger charge is 2.38. The number of likely N-dealkylation sites (N-methyl/N-ethyl adjacent to an activating group) is 1. The normalized spacial score (nSPS) is 18.2. The Hall–Kier alpha value is -0.980. The van der Waals surface area contributed by atoms with Crippen LogP contribution in [0.5, 0.6) is 0 Å². The summed E-state index contributed by atoms with van der Waals surface area (Å²) in [6.45, 7) is 2.26. The van der Waals surface area contributed by atoms with Gasteiger partial charge in [0, 0.05) is 6.04 Å². The minimum atomic E-state index is -4.80. The van der Waals surface area contributed by atoms with E-state index in [1.54, 1.807) is 6.92 Å². The first-order chi connectivity index (χ1) is 7.98. The lowest BCUT2D eigenvalue weighted by Gasteiger charge is -2.15. The smallest absolute Gasteiger partial charge is 0.314 e. The van der Waals surface area contributed by atoms with Crippen molar-refractivity contribution in [2.45, 2.75) is 32.2 Å². The molecule has 0 aromatic carbocycles.